The van der Waals surface area contributed by atoms with Gasteiger partial charge in [0.15, 0.2) is 0 Å². The van der Waals surface area contributed by atoms with Gasteiger partial charge in [-0.1, -0.05) is 48.5 Å². The van der Waals surface area contributed by atoms with Crippen LogP contribution in [0.2, 0.25) is 0 Å². The van der Waals surface area contributed by atoms with E-state index in [1.807, 2.05) is 0 Å². The number of carbonyl (C=O) groups excluding carboxylic acids is 1. The molecule has 2 aromatic carbocycles. The SMILES string of the molecule is O=C(NCCN1CCN(C2c3ccccc3-c3ccccc32)CC1)c1cccnc1. The second-order valence-corrected chi connectivity index (χ2v) is 7.95. The number of aromatic nitrogens is 1. The van der Waals surface area contributed by atoms with Gasteiger partial charge in [-0.25, -0.2) is 0 Å². The van der Waals surface area contributed by atoms with Gasteiger partial charge in [0.1, 0.15) is 0 Å². The predicted molar refractivity (Wildman–Crippen MR) is 118 cm³/mol. The van der Waals surface area contributed by atoms with Gasteiger partial charge in [-0.15, -0.1) is 0 Å². The van der Waals surface area contributed by atoms with Gasteiger partial charge in [0.05, 0.1) is 11.6 Å². The number of rotatable bonds is 5. The number of nitrogens with one attached hydrogen (secondary N) is 1. The molecule has 1 aliphatic heterocycles. The Morgan fingerprint density at radius 2 is 1.57 bits per heavy atom. The number of nitrogens with zero attached hydrogens (tertiary/aromatic N) is 3. The van der Waals surface area contributed by atoms with Crippen molar-refractivity contribution in [2.75, 3.05) is 39.3 Å². The van der Waals surface area contributed by atoms with Crippen molar-refractivity contribution in [3.8, 4) is 11.1 Å². The van der Waals surface area contributed by atoms with Crippen LogP contribution in [0.15, 0.2) is 73.1 Å². The quantitative estimate of drug-likeness (QED) is 0.717. The molecule has 3 aromatic rings. The van der Waals surface area contributed by atoms with Crippen LogP contribution in [-0.2, 0) is 0 Å². The summed E-state index contributed by atoms with van der Waals surface area (Å²) < 4.78 is 0. The van der Waals surface area contributed by atoms with Gasteiger partial charge in [0.25, 0.3) is 5.91 Å². The minimum atomic E-state index is -0.0547. The fraction of sp³-hybridized carbons (Fsp3) is 0.280. The first-order chi connectivity index (χ1) is 14.8. The first-order valence-corrected chi connectivity index (χ1v) is 10.6. The summed E-state index contributed by atoms with van der Waals surface area (Å²) in [6.07, 6.45) is 3.28. The van der Waals surface area contributed by atoms with Crippen LogP contribution in [0.1, 0.15) is 27.5 Å². The van der Waals surface area contributed by atoms with E-state index in [4.69, 9.17) is 0 Å². The van der Waals surface area contributed by atoms with Gasteiger partial charge in [0.2, 0.25) is 0 Å². The van der Waals surface area contributed by atoms with E-state index in [9.17, 15) is 4.79 Å². The monoisotopic (exact) mass is 398 g/mol. The summed E-state index contributed by atoms with van der Waals surface area (Å²) in [7, 11) is 0. The molecule has 0 radical (unpaired) electrons. The van der Waals surface area contributed by atoms with Gasteiger partial charge in [-0.05, 0) is 34.4 Å². The molecule has 1 N–H and O–H groups in total. The van der Waals surface area contributed by atoms with Gasteiger partial charge in [0, 0.05) is 51.7 Å². The minimum absolute atomic E-state index is 0.0547. The van der Waals surface area contributed by atoms with E-state index in [0.29, 0.717) is 18.2 Å². The number of carbonyl (C=O) groups is 1. The molecular formula is C25H26N4O. The Balaban J connectivity index is 1.18. The second-order valence-electron chi connectivity index (χ2n) is 7.95. The molecule has 1 aromatic heterocycles. The normalized spacial score (nSPS) is 16.8. The van der Waals surface area contributed by atoms with Crippen molar-refractivity contribution in [3.05, 3.63) is 89.7 Å². The maximum atomic E-state index is 12.2. The number of hydrogen-bond acceptors (Lipinski definition) is 4. The molecule has 2 heterocycles. The van der Waals surface area contributed by atoms with Crippen LogP contribution < -0.4 is 5.32 Å². The lowest BCUT2D eigenvalue weighted by Crippen LogP contribution is -2.49. The van der Waals surface area contributed by atoms with Crippen molar-refractivity contribution in [2.45, 2.75) is 6.04 Å². The summed E-state index contributed by atoms with van der Waals surface area (Å²) in [6, 6.07) is 21.5. The van der Waals surface area contributed by atoms with E-state index in [0.717, 1.165) is 32.7 Å². The molecule has 0 spiro atoms. The molecule has 0 bridgehead atoms. The molecule has 0 atom stereocenters. The Kier molecular flexibility index (Phi) is 5.30. The van der Waals surface area contributed by atoms with Gasteiger partial charge in [-0.2, -0.15) is 0 Å². The molecule has 5 nitrogen and oxygen atoms in total. The molecule has 5 rings (SSSR count). The van der Waals surface area contributed by atoms with Crippen molar-refractivity contribution in [2.24, 2.45) is 0 Å². The molecule has 5 heteroatoms. The smallest absolute Gasteiger partial charge is 0.252 e. The topological polar surface area (TPSA) is 48.5 Å². The lowest BCUT2D eigenvalue weighted by atomic mass is 10.0. The Hall–Kier alpha value is -3.02. The number of piperazine rings is 1. The Bertz CT molecular complexity index is 983. The van der Waals surface area contributed by atoms with Gasteiger partial charge < -0.3 is 5.32 Å². The lowest BCUT2D eigenvalue weighted by molar-refractivity contribution is 0.0922. The van der Waals surface area contributed by atoms with Gasteiger partial charge in [-0.3, -0.25) is 19.6 Å². The third-order valence-corrected chi connectivity index (χ3v) is 6.21. The van der Waals surface area contributed by atoms with Crippen molar-refractivity contribution in [3.63, 3.8) is 0 Å². The Labute approximate surface area is 177 Å². The number of amides is 1. The number of hydrogen-bond donors (Lipinski definition) is 1. The van der Waals surface area contributed by atoms with E-state index >= 15 is 0 Å². The van der Waals surface area contributed by atoms with E-state index in [-0.39, 0.29) is 5.91 Å². The van der Waals surface area contributed by atoms with Crippen LogP contribution in [0.5, 0.6) is 0 Å². The van der Waals surface area contributed by atoms with E-state index in [1.165, 1.54) is 22.3 Å². The average Bonchev–Trinajstić information content (AvgIpc) is 3.15. The summed E-state index contributed by atoms with van der Waals surface area (Å²) in [5.41, 5.74) is 6.21. The first kappa shape index (κ1) is 19.0. The van der Waals surface area contributed by atoms with Crippen molar-refractivity contribution in [1.29, 1.82) is 0 Å². The zero-order valence-corrected chi connectivity index (χ0v) is 17.0. The third kappa shape index (κ3) is 3.62. The van der Waals surface area contributed by atoms with E-state index < -0.39 is 0 Å². The zero-order chi connectivity index (χ0) is 20.3. The number of pyridine rings is 1. The van der Waals surface area contributed by atoms with Gasteiger partial charge >= 0.3 is 0 Å². The third-order valence-electron chi connectivity index (χ3n) is 6.21. The Morgan fingerprint density at radius 1 is 0.900 bits per heavy atom. The molecule has 0 unspecified atom stereocenters. The molecule has 1 aliphatic carbocycles. The zero-order valence-electron chi connectivity index (χ0n) is 17.0. The average molecular weight is 399 g/mol. The summed E-state index contributed by atoms with van der Waals surface area (Å²) in [6.45, 7) is 5.63. The lowest BCUT2D eigenvalue weighted by Gasteiger charge is -2.38. The van der Waals surface area contributed by atoms with Crippen LogP contribution >= 0.6 is 0 Å². The molecule has 1 saturated heterocycles. The van der Waals surface area contributed by atoms with Crippen LogP contribution in [0.25, 0.3) is 11.1 Å². The minimum Gasteiger partial charge on any atom is -0.351 e. The second kappa shape index (κ2) is 8.38. The van der Waals surface area contributed by atoms with Crippen molar-refractivity contribution in [1.82, 2.24) is 20.1 Å². The predicted octanol–water partition coefficient (Wildman–Crippen LogP) is 3.20. The summed E-state index contributed by atoms with van der Waals surface area (Å²) in [5.74, 6) is -0.0547. The van der Waals surface area contributed by atoms with Crippen molar-refractivity contribution < 1.29 is 4.79 Å². The highest BCUT2D eigenvalue weighted by atomic mass is 16.1. The maximum Gasteiger partial charge on any atom is 0.252 e. The van der Waals surface area contributed by atoms with E-state index in [1.54, 1.807) is 24.5 Å². The summed E-state index contributed by atoms with van der Waals surface area (Å²) in [5, 5.41) is 3.00. The molecule has 1 amide bonds. The fourth-order valence-electron chi connectivity index (χ4n) is 4.69. The molecular weight excluding hydrogens is 372 g/mol. The highest BCUT2D eigenvalue weighted by Gasteiger charge is 2.33. The maximum absolute atomic E-state index is 12.2. The molecule has 152 valence electrons. The first-order valence-electron chi connectivity index (χ1n) is 10.6. The number of benzene rings is 2. The van der Waals surface area contributed by atoms with Crippen LogP contribution in [0.3, 0.4) is 0 Å². The van der Waals surface area contributed by atoms with Crippen LogP contribution in [0.4, 0.5) is 0 Å². The van der Waals surface area contributed by atoms with Crippen molar-refractivity contribution >= 4 is 5.91 Å². The molecule has 30 heavy (non-hydrogen) atoms. The highest BCUT2D eigenvalue weighted by molar-refractivity contribution is 5.93. The largest absolute Gasteiger partial charge is 0.351 e. The Morgan fingerprint density at radius 3 is 2.20 bits per heavy atom. The fourth-order valence-corrected chi connectivity index (χ4v) is 4.69. The van der Waals surface area contributed by atoms with Crippen LogP contribution in [0, 0.1) is 0 Å². The molecule has 1 fully saturated rings. The van der Waals surface area contributed by atoms with E-state index in [2.05, 4.69) is 68.6 Å². The molecule has 0 saturated carbocycles. The highest BCUT2D eigenvalue weighted by Crippen LogP contribution is 2.46. The van der Waals surface area contributed by atoms with Crippen LogP contribution in [-0.4, -0.2) is 60.0 Å². The summed E-state index contributed by atoms with van der Waals surface area (Å²) >= 11 is 0. The number of fused-ring (bicyclic) bond motifs is 3. The standard InChI is InChI=1S/C25H26N4O/c30-25(19-6-5-11-26-18-19)27-12-13-28-14-16-29(17-15-28)24-22-9-3-1-7-20(22)21-8-2-4-10-23(21)24/h1-11,18,24H,12-17H2,(H,27,30). The summed E-state index contributed by atoms with van der Waals surface area (Å²) in [4.78, 5) is 21.2. The molecule has 2 aliphatic rings.